The lowest BCUT2D eigenvalue weighted by Gasteiger charge is -2.19. The standard InChI is InChI=1S/C14H23NO3S/c1-4-5-10-19(16,17)11-13(15-2)12-8-6-7-9-14(12)18-3/h6-9,13,15H,4-5,10-11H2,1-3H3. The van der Waals surface area contributed by atoms with Gasteiger partial charge < -0.3 is 10.1 Å². The predicted molar refractivity (Wildman–Crippen MR) is 78.4 cm³/mol. The van der Waals surface area contributed by atoms with Crippen molar-refractivity contribution in [3.8, 4) is 5.75 Å². The molecule has 0 aliphatic carbocycles. The van der Waals surface area contributed by atoms with Crippen molar-refractivity contribution in [1.29, 1.82) is 0 Å². The number of rotatable bonds is 8. The molecule has 1 aromatic carbocycles. The van der Waals surface area contributed by atoms with E-state index >= 15 is 0 Å². The van der Waals surface area contributed by atoms with Crippen molar-refractivity contribution >= 4 is 9.84 Å². The van der Waals surface area contributed by atoms with Gasteiger partial charge in [-0.1, -0.05) is 31.5 Å². The first-order chi connectivity index (χ1) is 9.04. The van der Waals surface area contributed by atoms with Crippen LogP contribution in [0.2, 0.25) is 0 Å². The zero-order valence-electron chi connectivity index (χ0n) is 11.8. The van der Waals surface area contributed by atoms with E-state index in [1.165, 1.54) is 0 Å². The number of hydrogen-bond donors (Lipinski definition) is 1. The summed E-state index contributed by atoms with van der Waals surface area (Å²) in [5.74, 6) is 1.06. The monoisotopic (exact) mass is 285 g/mol. The van der Waals surface area contributed by atoms with E-state index in [0.717, 1.165) is 12.0 Å². The van der Waals surface area contributed by atoms with Crippen LogP contribution in [0.1, 0.15) is 31.4 Å². The van der Waals surface area contributed by atoms with Gasteiger partial charge in [-0.25, -0.2) is 8.42 Å². The molecule has 0 aliphatic rings. The Morgan fingerprint density at radius 1 is 1.32 bits per heavy atom. The maximum absolute atomic E-state index is 12.1. The Morgan fingerprint density at radius 3 is 2.58 bits per heavy atom. The van der Waals surface area contributed by atoms with E-state index in [2.05, 4.69) is 5.32 Å². The quantitative estimate of drug-likeness (QED) is 0.795. The van der Waals surface area contributed by atoms with E-state index in [1.807, 2.05) is 31.2 Å². The predicted octanol–water partition coefficient (Wildman–Crippen LogP) is 2.17. The fraction of sp³-hybridized carbons (Fsp3) is 0.571. The van der Waals surface area contributed by atoms with Crippen molar-refractivity contribution in [2.45, 2.75) is 25.8 Å². The Labute approximate surface area is 116 Å². The molecular weight excluding hydrogens is 262 g/mol. The van der Waals surface area contributed by atoms with E-state index in [9.17, 15) is 8.42 Å². The van der Waals surface area contributed by atoms with Crippen LogP contribution in [0.5, 0.6) is 5.75 Å². The lowest BCUT2D eigenvalue weighted by molar-refractivity contribution is 0.404. The fourth-order valence-electron chi connectivity index (χ4n) is 1.98. The van der Waals surface area contributed by atoms with E-state index in [-0.39, 0.29) is 17.5 Å². The lowest BCUT2D eigenvalue weighted by atomic mass is 10.1. The van der Waals surface area contributed by atoms with Crippen LogP contribution in [0, 0.1) is 0 Å². The number of unbranched alkanes of at least 4 members (excludes halogenated alkanes) is 1. The second kappa shape index (κ2) is 7.50. The molecule has 1 unspecified atom stereocenters. The highest BCUT2D eigenvalue weighted by Crippen LogP contribution is 2.25. The van der Waals surface area contributed by atoms with Crippen LogP contribution in [0.15, 0.2) is 24.3 Å². The minimum Gasteiger partial charge on any atom is -0.496 e. The molecule has 0 fully saturated rings. The molecule has 1 atom stereocenters. The first kappa shape index (κ1) is 16.0. The van der Waals surface area contributed by atoms with Crippen LogP contribution in [0.4, 0.5) is 0 Å². The van der Waals surface area contributed by atoms with E-state index < -0.39 is 9.84 Å². The number of hydrogen-bond acceptors (Lipinski definition) is 4. The zero-order chi connectivity index (χ0) is 14.3. The molecule has 5 heteroatoms. The van der Waals surface area contributed by atoms with Crippen LogP contribution in [0.25, 0.3) is 0 Å². The van der Waals surface area contributed by atoms with Crippen LogP contribution < -0.4 is 10.1 Å². The number of benzene rings is 1. The third-order valence-corrected chi connectivity index (χ3v) is 4.84. The third kappa shape index (κ3) is 4.84. The van der Waals surface area contributed by atoms with Gasteiger partial charge in [0.2, 0.25) is 0 Å². The van der Waals surface area contributed by atoms with Crippen LogP contribution >= 0.6 is 0 Å². The van der Waals surface area contributed by atoms with Gasteiger partial charge in [0, 0.05) is 11.6 Å². The van der Waals surface area contributed by atoms with E-state index in [4.69, 9.17) is 4.74 Å². The number of sulfone groups is 1. The minimum atomic E-state index is -3.05. The topological polar surface area (TPSA) is 55.4 Å². The van der Waals surface area contributed by atoms with Gasteiger partial charge in [-0.3, -0.25) is 0 Å². The van der Waals surface area contributed by atoms with Gasteiger partial charge >= 0.3 is 0 Å². The Morgan fingerprint density at radius 2 is 2.00 bits per heavy atom. The van der Waals surface area contributed by atoms with Crippen LogP contribution in [-0.4, -0.2) is 34.1 Å². The lowest BCUT2D eigenvalue weighted by Crippen LogP contribution is -2.27. The molecule has 0 aliphatic heterocycles. The molecule has 1 rings (SSSR count). The van der Waals surface area contributed by atoms with Gasteiger partial charge in [0.15, 0.2) is 9.84 Å². The summed E-state index contributed by atoms with van der Waals surface area (Å²) in [6, 6.07) is 7.27. The third-order valence-electron chi connectivity index (χ3n) is 3.09. The Balaban J connectivity index is 2.89. The molecule has 0 amide bonds. The number of methoxy groups -OCH3 is 1. The summed E-state index contributed by atoms with van der Waals surface area (Å²) in [5.41, 5.74) is 0.882. The molecular formula is C14H23NO3S. The molecule has 0 aromatic heterocycles. The molecule has 0 bridgehead atoms. The largest absolute Gasteiger partial charge is 0.496 e. The second-order valence-electron chi connectivity index (χ2n) is 4.55. The average molecular weight is 285 g/mol. The maximum atomic E-state index is 12.1. The number of para-hydroxylation sites is 1. The van der Waals surface area contributed by atoms with Crippen molar-refractivity contribution in [1.82, 2.24) is 5.32 Å². The summed E-state index contributed by atoms with van der Waals surface area (Å²) in [5, 5.41) is 3.07. The summed E-state index contributed by atoms with van der Waals surface area (Å²) in [6.45, 7) is 1.99. The van der Waals surface area contributed by atoms with Gasteiger partial charge in [0.05, 0.1) is 18.6 Å². The summed E-state index contributed by atoms with van der Waals surface area (Å²) >= 11 is 0. The maximum Gasteiger partial charge on any atom is 0.152 e. The van der Waals surface area contributed by atoms with E-state index in [1.54, 1.807) is 14.2 Å². The van der Waals surface area contributed by atoms with Gasteiger partial charge in [-0.05, 0) is 19.5 Å². The summed E-state index contributed by atoms with van der Waals surface area (Å²) < 4.78 is 29.4. The summed E-state index contributed by atoms with van der Waals surface area (Å²) in [6.07, 6.45) is 1.60. The highest BCUT2D eigenvalue weighted by atomic mass is 32.2. The molecule has 0 saturated carbocycles. The van der Waals surface area contributed by atoms with Gasteiger partial charge in [-0.15, -0.1) is 0 Å². The molecule has 1 aromatic rings. The molecule has 1 N–H and O–H groups in total. The summed E-state index contributed by atoms with van der Waals surface area (Å²) in [7, 11) is 0.318. The normalized spacial score (nSPS) is 13.2. The van der Waals surface area contributed by atoms with Gasteiger partial charge in [0.1, 0.15) is 5.75 Å². The molecule has 0 heterocycles. The fourth-order valence-corrected chi connectivity index (χ4v) is 3.73. The average Bonchev–Trinajstić information content (AvgIpc) is 2.42. The van der Waals surface area contributed by atoms with Crippen molar-refractivity contribution in [3.05, 3.63) is 29.8 Å². The van der Waals surface area contributed by atoms with Crippen molar-refractivity contribution in [3.63, 3.8) is 0 Å². The Bertz CT molecular complexity index is 485. The first-order valence-corrected chi connectivity index (χ1v) is 8.36. The van der Waals surface area contributed by atoms with E-state index in [0.29, 0.717) is 12.2 Å². The highest BCUT2D eigenvalue weighted by Gasteiger charge is 2.21. The Kier molecular flexibility index (Phi) is 6.31. The smallest absolute Gasteiger partial charge is 0.152 e. The van der Waals surface area contributed by atoms with Crippen LogP contribution in [-0.2, 0) is 9.84 Å². The molecule has 19 heavy (non-hydrogen) atoms. The molecule has 0 saturated heterocycles. The highest BCUT2D eigenvalue weighted by molar-refractivity contribution is 7.91. The zero-order valence-corrected chi connectivity index (χ0v) is 12.7. The number of ether oxygens (including phenoxy) is 1. The van der Waals surface area contributed by atoms with Crippen molar-refractivity contribution in [2.24, 2.45) is 0 Å². The molecule has 108 valence electrons. The minimum absolute atomic E-state index is 0.101. The SMILES string of the molecule is CCCCS(=O)(=O)CC(NC)c1ccccc1OC. The summed E-state index contributed by atoms with van der Waals surface area (Å²) in [4.78, 5) is 0. The van der Waals surface area contributed by atoms with Crippen molar-refractivity contribution in [2.75, 3.05) is 25.7 Å². The molecule has 0 spiro atoms. The number of nitrogens with one attached hydrogen (secondary N) is 1. The van der Waals surface area contributed by atoms with Crippen LogP contribution in [0.3, 0.4) is 0 Å². The van der Waals surface area contributed by atoms with Gasteiger partial charge in [-0.2, -0.15) is 0 Å². The van der Waals surface area contributed by atoms with Crippen molar-refractivity contribution < 1.29 is 13.2 Å². The Hall–Kier alpha value is -1.07. The molecule has 0 radical (unpaired) electrons. The van der Waals surface area contributed by atoms with Gasteiger partial charge in [0.25, 0.3) is 0 Å². The second-order valence-corrected chi connectivity index (χ2v) is 6.78. The first-order valence-electron chi connectivity index (χ1n) is 6.54. The molecule has 4 nitrogen and oxygen atoms in total.